The molecule has 0 aliphatic rings. The molecule has 0 spiro atoms. The highest BCUT2D eigenvalue weighted by molar-refractivity contribution is 5.78. The van der Waals surface area contributed by atoms with Crippen molar-refractivity contribution in [3.63, 3.8) is 0 Å². The molecule has 0 radical (unpaired) electrons. The summed E-state index contributed by atoms with van der Waals surface area (Å²) in [5.74, 6) is 0. The molecule has 0 atom stereocenters. The van der Waals surface area contributed by atoms with Crippen molar-refractivity contribution in [2.45, 2.75) is 6.54 Å². The Morgan fingerprint density at radius 1 is 1.12 bits per heavy atom. The number of fused-ring (bicyclic) bond motifs is 1. The predicted octanol–water partition coefficient (Wildman–Crippen LogP) is 1.90. The number of hydroxylamine groups is 1. The molecule has 1 heterocycles. The van der Waals surface area contributed by atoms with E-state index in [0.717, 1.165) is 16.6 Å². The van der Waals surface area contributed by atoms with Gasteiger partial charge < -0.3 is 4.74 Å². The first-order valence-corrected chi connectivity index (χ1v) is 5.58. The molecule has 0 aliphatic heterocycles. The van der Waals surface area contributed by atoms with Crippen LogP contribution in [0.15, 0.2) is 36.4 Å². The van der Waals surface area contributed by atoms with E-state index in [1.54, 1.807) is 7.11 Å². The van der Waals surface area contributed by atoms with Crippen molar-refractivity contribution < 1.29 is 9.57 Å². The van der Waals surface area contributed by atoms with Crippen molar-refractivity contribution >= 4 is 10.9 Å². The van der Waals surface area contributed by atoms with Gasteiger partial charge in [0, 0.05) is 12.5 Å². The van der Waals surface area contributed by atoms with Crippen molar-refractivity contribution in [3.05, 3.63) is 42.1 Å². The summed E-state index contributed by atoms with van der Waals surface area (Å²) >= 11 is 0. The fourth-order valence-corrected chi connectivity index (χ4v) is 1.53. The van der Waals surface area contributed by atoms with Gasteiger partial charge in [-0.05, 0) is 12.1 Å². The van der Waals surface area contributed by atoms with Crippen molar-refractivity contribution in [2.75, 3.05) is 20.3 Å². The number of aromatic nitrogens is 1. The van der Waals surface area contributed by atoms with Gasteiger partial charge in [0.1, 0.15) is 0 Å². The minimum absolute atomic E-state index is 0.532. The summed E-state index contributed by atoms with van der Waals surface area (Å²) < 4.78 is 4.87. The van der Waals surface area contributed by atoms with Gasteiger partial charge in [0.2, 0.25) is 0 Å². The molecular weight excluding hydrogens is 216 g/mol. The van der Waals surface area contributed by atoms with Crippen LogP contribution in [0.5, 0.6) is 0 Å². The van der Waals surface area contributed by atoms with E-state index < -0.39 is 0 Å². The van der Waals surface area contributed by atoms with Crippen molar-refractivity contribution in [2.24, 2.45) is 0 Å². The molecule has 1 N–H and O–H groups in total. The second-order valence-corrected chi connectivity index (χ2v) is 3.66. The summed E-state index contributed by atoms with van der Waals surface area (Å²) in [6.45, 7) is 1.71. The maximum absolute atomic E-state index is 5.18. The fourth-order valence-electron chi connectivity index (χ4n) is 1.53. The third kappa shape index (κ3) is 3.49. The Hall–Kier alpha value is -1.49. The standard InChI is InChI=1S/C13H16N2O2/c1-16-8-9-17-14-10-12-7-6-11-4-2-3-5-13(11)15-12/h2-7,14H,8-10H2,1H3. The summed E-state index contributed by atoms with van der Waals surface area (Å²) in [4.78, 5) is 9.69. The van der Waals surface area contributed by atoms with E-state index in [1.807, 2.05) is 24.3 Å². The second kappa shape index (κ2) is 6.30. The molecule has 0 saturated carbocycles. The van der Waals surface area contributed by atoms with E-state index in [1.165, 1.54) is 0 Å². The summed E-state index contributed by atoms with van der Waals surface area (Å²) in [5, 5.41) is 1.15. The Kier molecular flexibility index (Phi) is 4.44. The number of hydrogen-bond donors (Lipinski definition) is 1. The highest BCUT2D eigenvalue weighted by Gasteiger charge is 1.97. The Balaban J connectivity index is 1.90. The maximum Gasteiger partial charge on any atom is 0.0916 e. The Bertz CT molecular complexity index is 474. The molecule has 0 aliphatic carbocycles. The van der Waals surface area contributed by atoms with Gasteiger partial charge >= 0.3 is 0 Å². The largest absolute Gasteiger partial charge is 0.382 e. The van der Waals surface area contributed by atoms with Crippen LogP contribution < -0.4 is 5.48 Å². The average molecular weight is 232 g/mol. The topological polar surface area (TPSA) is 43.4 Å². The third-order valence-electron chi connectivity index (χ3n) is 2.40. The minimum Gasteiger partial charge on any atom is -0.382 e. The first-order chi connectivity index (χ1) is 8.40. The van der Waals surface area contributed by atoms with Crippen molar-refractivity contribution in [1.29, 1.82) is 0 Å². The lowest BCUT2D eigenvalue weighted by Crippen LogP contribution is -2.17. The van der Waals surface area contributed by atoms with Crippen LogP contribution in [0.2, 0.25) is 0 Å². The molecule has 1 aromatic carbocycles. The number of para-hydroxylation sites is 1. The molecular formula is C13H16N2O2. The normalized spacial score (nSPS) is 10.9. The lowest BCUT2D eigenvalue weighted by Gasteiger charge is -2.05. The molecule has 4 heteroatoms. The molecule has 0 saturated heterocycles. The molecule has 0 bridgehead atoms. The average Bonchev–Trinajstić information content (AvgIpc) is 2.38. The summed E-state index contributed by atoms with van der Waals surface area (Å²) in [7, 11) is 1.65. The van der Waals surface area contributed by atoms with Gasteiger partial charge in [0.05, 0.1) is 31.0 Å². The van der Waals surface area contributed by atoms with Gasteiger partial charge in [-0.2, -0.15) is 5.48 Å². The van der Waals surface area contributed by atoms with Gasteiger partial charge in [0.15, 0.2) is 0 Å². The van der Waals surface area contributed by atoms with Gasteiger partial charge in [-0.25, -0.2) is 0 Å². The lowest BCUT2D eigenvalue weighted by atomic mass is 10.2. The summed E-state index contributed by atoms with van der Waals surface area (Å²) in [6.07, 6.45) is 0. The van der Waals surface area contributed by atoms with Gasteiger partial charge in [0.25, 0.3) is 0 Å². The van der Waals surface area contributed by atoms with Gasteiger partial charge in [-0.1, -0.05) is 24.3 Å². The SMILES string of the molecule is COCCONCc1ccc2ccccc2n1. The smallest absolute Gasteiger partial charge is 0.0916 e. The number of methoxy groups -OCH3 is 1. The predicted molar refractivity (Wildman–Crippen MR) is 66.4 cm³/mol. The summed E-state index contributed by atoms with van der Waals surface area (Å²) in [6, 6.07) is 12.1. The molecule has 0 unspecified atom stereocenters. The Morgan fingerprint density at radius 2 is 2.00 bits per heavy atom. The zero-order valence-corrected chi connectivity index (χ0v) is 9.85. The van der Waals surface area contributed by atoms with Gasteiger partial charge in [-0.3, -0.25) is 9.82 Å². The quantitative estimate of drug-likeness (QED) is 0.610. The van der Waals surface area contributed by atoms with Crippen LogP contribution in [0.1, 0.15) is 5.69 Å². The minimum atomic E-state index is 0.532. The molecule has 2 rings (SSSR count). The van der Waals surface area contributed by atoms with E-state index in [0.29, 0.717) is 19.8 Å². The van der Waals surface area contributed by atoms with Crippen LogP contribution in [-0.4, -0.2) is 25.3 Å². The molecule has 1 aromatic heterocycles. The van der Waals surface area contributed by atoms with Crippen LogP contribution in [0.25, 0.3) is 10.9 Å². The van der Waals surface area contributed by atoms with Crippen LogP contribution in [-0.2, 0) is 16.1 Å². The van der Waals surface area contributed by atoms with E-state index >= 15 is 0 Å². The van der Waals surface area contributed by atoms with E-state index in [2.05, 4.69) is 22.6 Å². The number of nitrogens with one attached hydrogen (secondary N) is 1. The van der Waals surface area contributed by atoms with E-state index in [4.69, 9.17) is 9.57 Å². The van der Waals surface area contributed by atoms with Crippen LogP contribution >= 0.6 is 0 Å². The first kappa shape index (κ1) is 12.0. The molecule has 0 amide bonds. The lowest BCUT2D eigenvalue weighted by molar-refractivity contribution is 0.00302. The van der Waals surface area contributed by atoms with Crippen molar-refractivity contribution in [3.8, 4) is 0 Å². The third-order valence-corrected chi connectivity index (χ3v) is 2.40. The van der Waals surface area contributed by atoms with Gasteiger partial charge in [-0.15, -0.1) is 0 Å². The highest BCUT2D eigenvalue weighted by atomic mass is 16.7. The molecule has 4 nitrogen and oxygen atoms in total. The number of nitrogens with zero attached hydrogens (tertiary/aromatic N) is 1. The fraction of sp³-hybridized carbons (Fsp3) is 0.308. The number of rotatable bonds is 6. The Morgan fingerprint density at radius 3 is 2.88 bits per heavy atom. The van der Waals surface area contributed by atoms with E-state index in [-0.39, 0.29) is 0 Å². The maximum atomic E-state index is 5.18. The highest BCUT2D eigenvalue weighted by Crippen LogP contribution is 2.11. The van der Waals surface area contributed by atoms with Crippen LogP contribution in [0.4, 0.5) is 0 Å². The van der Waals surface area contributed by atoms with Crippen LogP contribution in [0.3, 0.4) is 0 Å². The zero-order chi connectivity index (χ0) is 11.9. The first-order valence-electron chi connectivity index (χ1n) is 5.58. The monoisotopic (exact) mass is 232 g/mol. The molecule has 0 fully saturated rings. The zero-order valence-electron chi connectivity index (χ0n) is 9.85. The van der Waals surface area contributed by atoms with Crippen molar-refractivity contribution in [1.82, 2.24) is 10.5 Å². The molecule has 17 heavy (non-hydrogen) atoms. The summed E-state index contributed by atoms with van der Waals surface area (Å²) in [5.41, 5.74) is 4.82. The number of ether oxygens (including phenoxy) is 1. The van der Waals surface area contributed by atoms with E-state index in [9.17, 15) is 0 Å². The number of benzene rings is 1. The number of hydrogen-bond acceptors (Lipinski definition) is 4. The second-order valence-electron chi connectivity index (χ2n) is 3.66. The Labute approximate surface area is 101 Å². The molecule has 2 aromatic rings. The van der Waals surface area contributed by atoms with Crippen LogP contribution in [0, 0.1) is 0 Å². The number of pyridine rings is 1. The molecule has 90 valence electrons.